The minimum atomic E-state index is 0. The maximum atomic E-state index is 9.37. The molecular weight excluding hydrogens is 326 g/mol. The Bertz CT molecular complexity index is 920. The van der Waals surface area contributed by atoms with E-state index in [-0.39, 0.29) is 18.4 Å². The minimum Gasteiger partial charge on any atom is -0.368 e. The van der Waals surface area contributed by atoms with Crippen LogP contribution in [0.3, 0.4) is 0 Å². The fraction of sp³-hybridized carbons (Fsp3) is 0.312. The molecule has 1 saturated heterocycles. The largest absolute Gasteiger partial charge is 0.368 e. The number of anilines is 1. The standard InChI is InChI=1S/C16H17N7.ClH/c1-21-8-13(7-19-21)11-4-15(22-3-2-14(18)10-22)16-12(5-17)6-20-23(16)9-11;/h4,6-9,14H,2-3,10,18H2,1H3;1H/t14-;/m1./s1. The molecule has 2 N–H and O–H groups in total. The smallest absolute Gasteiger partial charge is 0.107 e. The number of nitrogens with two attached hydrogens (primary N) is 1. The van der Waals surface area contributed by atoms with Crippen molar-refractivity contribution in [1.29, 1.82) is 5.26 Å². The number of rotatable bonds is 2. The van der Waals surface area contributed by atoms with E-state index in [0.717, 1.165) is 41.8 Å². The molecule has 0 radical (unpaired) electrons. The molecule has 0 amide bonds. The van der Waals surface area contributed by atoms with Crippen molar-refractivity contribution in [3.63, 3.8) is 0 Å². The van der Waals surface area contributed by atoms with E-state index in [2.05, 4.69) is 27.2 Å². The Morgan fingerprint density at radius 1 is 1.25 bits per heavy atom. The second-order valence-corrected chi connectivity index (χ2v) is 5.97. The molecule has 3 aromatic rings. The minimum absolute atomic E-state index is 0. The number of hydrogen-bond acceptors (Lipinski definition) is 5. The van der Waals surface area contributed by atoms with E-state index in [4.69, 9.17) is 5.73 Å². The first-order valence-corrected chi connectivity index (χ1v) is 7.57. The topological polar surface area (TPSA) is 88.2 Å². The lowest BCUT2D eigenvalue weighted by Gasteiger charge is -2.20. The van der Waals surface area contributed by atoms with Crippen molar-refractivity contribution in [3.8, 4) is 17.2 Å². The van der Waals surface area contributed by atoms with Crippen molar-refractivity contribution in [2.24, 2.45) is 12.8 Å². The molecule has 7 nitrogen and oxygen atoms in total. The second-order valence-electron chi connectivity index (χ2n) is 5.97. The molecule has 24 heavy (non-hydrogen) atoms. The van der Waals surface area contributed by atoms with Gasteiger partial charge in [-0.15, -0.1) is 12.4 Å². The zero-order valence-electron chi connectivity index (χ0n) is 13.3. The van der Waals surface area contributed by atoms with Gasteiger partial charge in [-0.1, -0.05) is 0 Å². The first-order chi connectivity index (χ1) is 11.2. The molecule has 3 aromatic heterocycles. The molecule has 0 aliphatic carbocycles. The molecule has 0 aromatic carbocycles. The summed E-state index contributed by atoms with van der Waals surface area (Å²) < 4.78 is 3.55. The van der Waals surface area contributed by atoms with E-state index in [1.807, 2.05) is 25.6 Å². The summed E-state index contributed by atoms with van der Waals surface area (Å²) in [4.78, 5) is 2.24. The summed E-state index contributed by atoms with van der Waals surface area (Å²) in [6.07, 6.45) is 8.30. The van der Waals surface area contributed by atoms with E-state index in [1.54, 1.807) is 15.4 Å². The van der Waals surface area contributed by atoms with Crippen molar-refractivity contribution in [1.82, 2.24) is 19.4 Å². The average Bonchev–Trinajstić information content (AvgIpc) is 3.25. The predicted octanol–water partition coefficient (Wildman–Crippen LogP) is 1.57. The van der Waals surface area contributed by atoms with Crippen LogP contribution in [0.4, 0.5) is 5.69 Å². The Hall–Kier alpha value is -2.56. The van der Waals surface area contributed by atoms with Crippen LogP contribution in [-0.4, -0.2) is 38.5 Å². The van der Waals surface area contributed by atoms with Gasteiger partial charge in [0, 0.05) is 49.7 Å². The van der Waals surface area contributed by atoms with Gasteiger partial charge in [-0.05, 0) is 12.5 Å². The lowest BCUT2D eigenvalue weighted by Crippen LogP contribution is -2.26. The van der Waals surface area contributed by atoms with Crippen molar-refractivity contribution >= 4 is 23.6 Å². The third kappa shape index (κ3) is 2.60. The highest BCUT2D eigenvalue weighted by atomic mass is 35.5. The molecule has 0 unspecified atom stereocenters. The third-order valence-corrected chi connectivity index (χ3v) is 4.32. The van der Waals surface area contributed by atoms with E-state index >= 15 is 0 Å². The molecule has 1 aliphatic rings. The van der Waals surface area contributed by atoms with Crippen LogP contribution in [0.15, 0.2) is 30.9 Å². The van der Waals surface area contributed by atoms with Gasteiger partial charge in [0.2, 0.25) is 0 Å². The highest BCUT2D eigenvalue weighted by Gasteiger charge is 2.23. The van der Waals surface area contributed by atoms with E-state index in [1.165, 1.54) is 0 Å². The van der Waals surface area contributed by atoms with E-state index in [9.17, 15) is 5.26 Å². The highest BCUT2D eigenvalue weighted by Crippen LogP contribution is 2.32. The molecule has 0 bridgehead atoms. The lowest BCUT2D eigenvalue weighted by atomic mass is 10.1. The zero-order valence-corrected chi connectivity index (χ0v) is 14.1. The van der Waals surface area contributed by atoms with Gasteiger partial charge >= 0.3 is 0 Å². The van der Waals surface area contributed by atoms with Crippen LogP contribution in [0.5, 0.6) is 0 Å². The van der Waals surface area contributed by atoms with Crippen LogP contribution in [0.2, 0.25) is 0 Å². The Labute approximate surface area is 145 Å². The number of fused-ring (bicyclic) bond motifs is 1. The van der Waals surface area contributed by atoms with Gasteiger partial charge in [0.05, 0.1) is 23.6 Å². The quantitative estimate of drug-likeness (QED) is 0.763. The highest BCUT2D eigenvalue weighted by molar-refractivity contribution is 5.85. The molecule has 4 rings (SSSR count). The summed E-state index contributed by atoms with van der Waals surface area (Å²) in [5, 5.41) is 18.0. The number of halogens is 1. The summed E-state index contributed by atoms with van der Waals surface area (Å²) >= 11 is 0. The number of nitriles is 1. The van der Waals surface area contributed by atoms with Crippen LogP contribution < -0.4 is 10.6 Å². The van der Waals surface area contributed by atoms with Crippen molar-refractivity contribution in [2.75, 3.05) is 18.0 Å². The van der Waals surface area contributed by atoms with Crippen LogP contribution in [0, 0.1) is 11.3 Å². The monoisotopic (exact) mass is 343 g/mol. The number of nitrogens with zero attached hydrogens (tertiary/aromatic N) is 6. The number of hydrogen-bond donors (Lipinski definition) is 1. The number of aromatic nitrogens is 4. The number of aryl methyl sites for hydroxylation is 1. The van der Waals surface area contributed by atoms with Gasteiger partial charge in [-0.3, -0.25) is 4.68 Å². The van der Waals surface area contributed by atoms with Gasteiger partial charge < -0.3 is 10.6 Å². The predicted molar refractivity (Wildman–Crippen MR) is 94.2 cm³/mol. The van der Waals surface area contributed by atoms with Crippen molar-refractivity contribution in [3.05, 3.63) is 36.4 Å². The van der Waals surface area contributed by atoms with Gasteiger partial charge in [0.25, 0.3) is 0 Å². The average molecular weight is 344 g/mol. The van der Waals surface area contributed by atoms with E-state index < -0.39 is 0 Å². The summed E-state index contributed by atoms with van der Waals surface area (Å²) in [7, 11) is 1.89. The van der Waals surface area contributed by atoms with E-state index in [0.29, 0.717) is 5.56 Å². The molecule has 1 fully saturated rings. The fourth-order valence-electron chi connectivity index (χ4n) is 3.16. The van der Waals surface area contributed by atoms with Crippen LogP contribution in [0.1, 0.15) is 12.0 Å². The van der Waals surface area contributed by atoms with Crippen LogP contribution in [-0.2, 0) is 7.05 Å². The second kappa shape index (κ2) is 6.15. The molecule has 4 heterocycles. The maximum absolute atomic E-state index is 9.37. The van der Waals surface area contributed by atoms with Gasteiger partial charge in [-0.2, -0.15) is 15.5 Å². The maximum Gasteiger partial charge on any atom is 0.107 e. The van der Waals surface area contributed by atoms with Crippen molar-refractivity contribution < 1.29 is 0 Å². The Balaban J connectivity index is 0.00000169. The normalized spacial score (nSPS) is 17.0. The molecule has 1 aliphatic heterocycles. The molecule has 124 valence electrons. The molecule has 1 atom stereocenters. The van der Waals surface area contributed by atoms with Gasteiger partial charge in [-0.25, -0.2) is 4.52 Å². The van der Waals surface area contributed by atoms with Crippen LogP contribution >= 0.6 is 12.4 Å². The summed E-state index contributed by atoms with van der Waals surface area (Å²) in [5.41, 5.74) is 10.5. The first kappa shape index (κ1) is 16.3. The summed E-state index contributed by atoms with van der Waals surface area (Å²) in [6, 6.07) is 4.51. The molecule has 8 heteroatoms. The first-order valence-electron chi connectivity index (χ1n) is 7.57. The SMILES string of the molecule is Cl.Cn1cc(-c2cc(N3CC[C@@H](N)C3)c3c(C#N)cnn3c2)cn1. The fourth-order valence-corrected chi connectivity index (χ4v) is 3.16. The van der Waals surface area contributed by atoms with Crippen LogP contribution in [0.25, 0.3) is 16.6 Å². The summed E-state index contributed by atoms with van der Waals surface area (Å²) in [5.74, 6) is 0. The molecular formula is C16H18ClN7. The molecule has 0 saturated carbocycles. The van der Waals surface area contributed by atoms with Gasteiger partial charge in [0.1, 0.15) is 11.6 Å². The Kier molecular flexibility index (Phi) is 4.18. The lowest BCUT2D eigenvalue weighted by molar-refractivity contribution is 0.752. The number of pyridine rings is 1. The molecule has 0 spiro atoms. The zero-order chi connectivity index (χ0) is 16.0. The third-order valence-electron chi connectivity index (χ3n) is 4.32. The Morgan fingerprint density at radius 2 is 2.08 bits per heavy atom. The van der Waals surface area contributed by atoms with Crippen molar-refractivity contribution in [2.45, 2.75) is 12.5 Å². The van der Waals surface area contributed by atoms with Gasteiger partial charge in [0.15, 0.2) is 0 Å². The Morgan fingerprint density at radius 3 is 2.71 bits per heavy atom. The summed E-state index contributed by atoms with van der Waals surface area (Å²) in [6.45, 7) is 1.69.